The number of thiazole rings is 1. The van der Waals surface area contributed by atoms with Gasteiger partial charge in [-0.3, -0.25) is 19.2 Å². The number of carbonyl (C=O) groups is 3. The molecule has 0 radical (unpaired) electrons. The second-order valence-corrected chi connectivity index (χ2v) is 12.1. The molecule has 44 heavy (non-hydrogen) atoms. The molecule has 226 valence electrons. The number of methoxy groups -OCH3 is 1. The predicted molar refractivity (Wildman–Crippen MR) is 157 cm³/mol. The first kappa shape index (κ1) is 29.5. The van der Waals surface area contributed by atoms with E-state index >= 15 is 0 Å². The highest BCUT2D eigenvalue weighted by atomic mass is 32.2. The largest absolute Gasteiger partial charge is 0.497 e. The summed E-state index contributed by atoms with van der Waals surface area (Å²) in [7, 11) is 1.52. The number of imide groups is 1. The molecule has 1 saturated heterocycles. The maximum absolute atomic E-state index is 13.8. The summed E-state index contributed by atoms with van der Waals surface area (Å²) >= 11 is 2.15. The van der Waals surface area contributed by atoms with E-state index in [4.69, 9.17) is 9.47 Å². The first-order valence-corrected chi connectivity index (χ1v) is 14.8. The molecule has 3 atom stereocenters. The van der Waals surface area contributed by atoms with Gasteiger partial charge in [-0.05, 0) is 60.2 Å². The van der Waals surface area contributed by atoms with Crippen molar-refractivity contribution >= 4 is 52.2 Å². The number of benzene rings is 3. The van der Waals surface area contributed by atoms with Gasteiger partial charge in [0, 0.05) is 16.5 Å². The van der Waals surface area contributed by atoms with Crippen molar-refractivity contribution < 1.29 is 37.0 Å². The van der Waals surface area contributed by atoms with E-state index in [0.717, 1.165) is 23.5 Å². The van der Waals surface area contributed by atoms with Crippen LogP contribution in [0.5, 0.6) is 11.5 Å². The molecule has 2 N–H and O–H groups in total. The first-order chi connectivity index (χ1) is 21.0. The van der Waals surface area contributed by atoms with Crippen molar-refractivity contribution in [3.8, 4) is 11.5 Å². The Morgan fingerprint density at radius 2 is 1.68 bits per heavy atom. The summed E-state index contributed by atoms with van der Waals surface area (Å²) in [6, 6.07) is 17.4. The highest BCUT2D eigenvalue weighted by Crippen LogP contribution is 2.53. The number of ether oxygens (including phenoxy) is 2. The van der Waals surface area contributed by atoms with E-state index in [2.05, 4.69) is 10.3 Å². The zero-order valence-corrected chi connectivity index (χ0v) is 24.3. The number of H-pyrrole nitrogens is 1. The number of amides is 3. The predicted octanol–water partition coefficient (Wildman–Crippen LogP) is 5.28. The topological polar surface area (TPSA) is 118 Å². The molecule has 2 aliphatic rings. The molecule has 3 amide bonds. The zero-order valence-electron chi connectivity index (χ0n) is 22.7. The minimum absolute atomic E-state index is 0.0192. The van der Waals surface area contributed by atoms with Gasteiger partial charge in [0.2, 0.25) is 11.8 Å². The summed E-state index contributed by atoms with van der Waals surface area (Å²) in [6.45, 7) is -0.465. The Labute approximate surface area is 256 Å². The number of nitrogens with zero attached hydrogens (tertiary/aromatic N) is 1. The minimum atomic E-state index is -4.54. The molecule has 1 aromatic heterocycles. The number of aromatic amines is 1. The molecule has 9 nitrogen and oxygen atoms in total. The molecule has 0 saturated carbocycles. The van der Waals surface area contributed by atoms with Crippen LogP contribution in [0, 0.1) is 5.92 Å². The summed E-state index contributed by atoms with van der Waals surface area (Å²) in [5, 5.41) is 2.16. The van der Waals surface area contributed by atoms with Crippen LogP contribution in [0.2, 0.25) is 0 Å². The van der Waals surface area contributed by atoms with Gasteiger partial charge in [0.25, 0.3) is 5.91 Å². The van der Waals surface area contributed by atoms with E-state index in [9.17, 15) is 32.3 Å². The lowest BCUT2D eigenvalue weighted by atomic mass is 9.83. The summed E-state index contributed by atoms with van der Waals surface area (Å²) in [5.41, 5.74) is 0.170. The molecule has 0 spiro atoms. The number of alkyl halides is 3. The minimum Gasteiger partial charge on any atom is -0.497 e. The van der Waals surface area contributed by atoms with Gasteiger partial charge < -0.3 is 19.8 Å². The van der Waals surface area contributed by atoms with Crippen LogP contribution >= 0.6 is 23.1 Å². The highest BCUT2D eigenvalue weighted by molar-refractivity contribution is 8.00. The molecular weight excluding hydrogens is 619 g/mol. The van der Waals surface area contributed by atoms with Crippen LogP contribution in [-0.4, -0.2) is 41.7 Å². The molecule has 0 bridgehead atoms. The molecule has 3 aromatic carbocycles. The van der Waals surface area contributed by atoms with Gasteiger partial charge in [-0.15, -0.1) is 0 Å². The van der Waals surface area contributed by atoms with E-state index in [1.54, 1.807) is 48.5 Å². The quantitative estimate of drug-likeness (QED) is 0.264. The lowest BCUT2D eigenvalue weighted by Gasteiger charge is -2.29. The zero-order chi connectivity index (χ0) is 31.2. The molecule has 4 aromatic rings. The van der Waals surface area contributed by atoms with Crippen LogP contribution in [0.1, 0.15) is 21.9 Å². The van der Waals surface area contributed by atoms with Crippen molar-refractivity contribution in [1.82, 2.24) is 4.98 Å². The second kappa shape index (κ2) is 11.5. The van der Waals surface area contributed by atoms with Gasteiger partial charge in [-0.1, -0.05) is 41.3 Å². The molecule has 14 heteroatoms. The van der Waals surface area contributed by atoms with E-state index in [0.29, 0.717) is 32.7 Å². The third-order valence-corrected chi connectivity index (χ3v) is 9.64. The maximum Gasteiger partial charge on any atom is 0.416 e. The number of aromatic nitrogens is 1. The van der Waals surface area contributed by atoms with Gasteiger partial charge in [0.1, 0.15) is 16.7 Å². The van der Waals surface area contributed by atoms with E-state index < -0.39 is 41.3 Å². The number of fused-ring (bicyclic) bond motifs is 2. The number of rotatable bonds is 7. The average molecular weight is 642 g/mol. The second-order valence-electron chi connectivity index (χ2n) is 9.94. The van der Waals surface area contributed by atoms with Gasteiger partial charge in [-0.25, -0.2) is 4.90 Å². The van der Waals surface area contributed by atoms with Crippen molar-refractivity contribution in [2.75, 3.05) is 23.9 Å². The normalized spacial score (nSPS) is 19.4. The molecule has 3 unspecified atom stereocenters. The van der Waals surface area contributed by atoms with Gasteiger partial charge in [0.15, 0.2) is 6.61 Å². The van der Waals surface area contributed by atoms with Crippen LogP contribution in [0.4, 0.5) is 24.5 Å². The Bertz CT molecular complexity index is 1800. The maximum atomic E-state index is 13.8. The molecule has 3 heterocycles. The fourth-order valence-corrected chi connectivity index (χ4v) is 7.77. The van der Waals surface area contributed by atoms with Crippen molar-refractivity contribution in [3.63, 3.8) is 0 Å². The monoisotopic (exact) mass is 641 g/mol. The Morgan fingerprint density at radius 1 is 0.977 bits per heavy atom. The third kappa shape index (κ3) is 5.57. The Balaban J connectivity index is 1.21. The summed E-state index contributed by atoms with van der Waals surface area (Å²) in [4.78, 5) is 56.3. The number of nitrogens with one attached hydrogen (secondary N) is 2. The Morgan fingerprint density at radius 3 is 2.36 bits per heavy atom. The molecule has 1 fully saturated rings. The average Bonchev–Trinajstić information content (AvgIpc) is 3.50. The lowest BCUT2D eigenvalue weighted by molar-refractivity contribution is -0.137. The molecule has 6 rings (SSSR count). The first-order valence-electron chi connectivity index (χ1n) is 13.1. The Kier molecular flexibility index (Phi) is 7.72. The van der Waals surface area contributed by atoms with E-state index in [-0.39, 0.29) is 22.4 Å². The van der Waals surface area contributed by atoms with Crippen LogP contribution in [0.25, 0.3) is 0 Å². The summed E-state index contributed by atoms with van der Waals surface area (Å²) in [5.74, 6) is -1.93. The number of anilines is 2. The third-order valence-electron chi connectivity index (χ3n) is 7.24. The smallest absolute Gasteiger partial charge is 0.416 e. The Hall–Kier alpha value is -4.56. The SMILES string of the molecule is COc1ccc(N2C(=O)C3Sc4[nH]c(=O)sc4C(c4ccc(OCC(=O)Nc5cccc(C(F)(F)F)c5)cc4)C3C2=O)cc1. The van der Waals surface area contributed by atoms with Crippen LogP contribution < -0.4 is 24.6 Å². The van der Waals surface area contributed by atoms with Crippen molar-refractivity contribution in [2.24, 2.45) is 5.92 Å². The number of halogens is 3. The summed E-state index contributed by atoms with van der Waals surface area (Å²) in [6.07, 6.45) is -4.54. The summed E-state index contributed by atoms with van der Waals surface area (Å²) < 4.78 is 49.6. The lowest BCUT2D eigenvalue weighted by Crippen LogP contribution is -2.32. The highest BCUT2D eigenvalue weighted by Gasteiger charge is 2.56. The fraction of sp³-hybridized carbons (Fsp3) is 0.200. The fourth-order valence-electron chi connectivity index (χ4n) is 5.25. The van der Waals surface area contributed by atoms with Crippen LogP contribution in [0.15, 0.2) is 82.6 Å². The standard InChI is InChI=1S/C30H22F3N3O6S2/c1-41-19-11-7-18(8-12-19)36-27(38)23-22(24-26(35-29(40)44-24)43-25(23)28(36)39)15-5-9-20(10-6-15)42-14-21(37)34-17-4-2-3-16(13-17)30(31,32)33/h2-13,22-23,25H,14H2,1H3,(H,34,37)(H,35,40). The van der Waals surface area contributed by atoms with Crippen molar-refractivity contribution in [3.05, 3.63) is 98.5 Å². The number of thioether (sulfide) groups is 1. The van der Waals surface area contributed by atoms with Gasteiger partial charge in [-0.2, -0.15) is 13.2 Å². The van der Waals surface area contributed by atoms with Crippen LogP contribution in [0.3, 0.4) is 0 Å². The van der Waals surface area contributed by atoms with Crippen LogP contribution in [-0.2, 0) is 20.6 Å². The number of carbonyl (C=O) groups excluding carboxylic acids is 3. The molecule has 0 aliphatic carbocycles. The van der Waals surface area contributed by atoms with Crippen molar-refractivity contribution in [1.29, 1.82) is 0 Å². The van der Waals surface area contributed by atoms with E-state index in [1.807, 2.05) is 0 Å². The van der Waals surface area contributed by atoms with E-state index in [1.165, 1.54) is 35.9 Å². The van der Waals surface area contributed by atoms with Gasteiger partial charge >= 0.3 is 11.0 Å². The van der Waals surface area contributed by atoms with Crippen molar-refractivity contribution in [2.45, 2.75) is 22.4 Å². The molecular formula is C30H22F3N3O6S2. The molecule has 2 aliphatic heterocycles. The number of hydrogen-bond donors (Lipinski definition) is 2. The van der Waals surface area contributed by atoms with Gasteiger partial charge in [0.05, 0.1) is 29.3 Å². The number of hydrogen-bond acceptors (Lipinski definition) is 8.